The second-order valence-corrected chi connectivity index (χ2v) is 6.12. The first-order valence-corrected chi connectivity index (χ1v) is 8.62. The van der Waals surface area contributed by atoms with E-state index in [2.05, 4.69) is 25.9 Å². The van der Waals surface area contributed by atoms with Crippen LogP contribution < -0.4 is 16.0 Å². The average molecular weight is 385 g/mol. The number of aromatic amines is 1. The van der Waals surface area contributed by atoms with Crippen molar-refractivity contribution >= 4 is 23.7 Å². The molecule has 2 atom stereocenters. The van der Waals surface area contributed by atoms with Crippen LogP contribution in [0.25, 0.3) is 0 Å². The molecule has 0 saturated carbocycles. The van der Waals surface area contributed by atoms with E-state index in [1.807, 2.05) is 18.2 Å². The summed E-state index contributed by atoms with van der Waals surface area (Å²) in [5, 5.41) is 7.36. The normalized spacial score (nSPS) is 17.4. The van der Waals surface area contributed by atoms with Crippen molar-refractivity contribution in [1.82, 2.24) is 25.9 Å². The molecule has 2 aromatic rings. The number of carbonyl (C=O) groups excluding carboxylic acids is 4. The Labute approximate surface area is 160 Å². The van der Waals surface area contributed by atoms with E-state index in [-0.39, 0.29) is 19.6 Å². The lowest BCUT2D eigenvalue weighted by molar-refractivity contribution is -0.141. The number of ether oxygens (including phenoxy) is 1. The average Bonchev–Trinajstić information content (AvgIpc) is 3.23. The predicted octanol–water partition coefficient (Wildman–Crippen LogP) is -0.0490. The topological polar surface area (TPSA) is 142 Å². The van der Waals surface area contributed by atoms with Crippen molar-refractivity contribution in [2.45, 2.75) is 25.1 Å². The maximum atomic E-state index is 12.7. The molecular formula is C18H19N5O5. The Morgan fingerprint density at radius 3 is 2.75 bits per heavy atom. The second kappa shape index (κ2) is 8.80. The molecule has 10 nitrogen and oxygen atoms in total. The number of carbonyl (C=O) groups is 4. The third kappa shape index (κ3) is 4.72. The quantitative estimate of drug-likeness (QED) is 0.514. The molecule has 2 unspecified atom stereocenters. The number of nitrogens with one attached hydrogen (secondary N) is 4. The van der Waals surface area contributed by atoms with Crippen molar-refractivity contribution in [3.8, 4) is 0 Å². The van der Waals surface area contributed by atoms with Gasteiger partial charge < -0.3 is 25.7 Å². The molecule has 4 N–H and O–H groups in total. The smallest absolute Gasteiger partial charge is 0.408 e. The number of Topliss-reactive ketones (excluding diaryl/α,β-unsaturated/α-hetero) is 1. The molecule has 3 amide bonds. The number of ketones is 1. The molecule has 2 heterocycles. The van der Waals surface area contributed by atoms with Crippen LogP contribution in [0.15, 0.2) is 42.9 Å². The summed E-state index contributed by atoms with van der Waals surface area (Å²) >= 11 is 0. The molecule has 3 rings (SSSR count). The molecule has 1 aromatic heterocycles. The number of hydrogen-bond donors (Lipinski definition) is 4. The lowest BCUT2D eigenvalue weighted by Crippen LogP contribution is -2.55. The number of hydrogen-bond acceptors (Lipinski definition) is 6. The van der Waals surface area contributed by atoms with Gasteiger partial charge in [0.05, 0.1) is 24.3 Å². The zero-order valence-electron chi connectivity index (χ0n) is 14.8. The van der Waals surface area contributed by atoms with E-state index >= 15 is 0 Å². The van der Waals surface area contributed by atoms with E-state index in [1.165, 1.54) is 12.5 Å². The fraction of sp³-hybridized carbons (Fsp3) is 0.278. The van der Waals surface area contributed by atoms with Gasteiger partial charge in [-0.15, -0.1) is 0 Å². The molecule has 1 aliphatic heterocycles. The Morgan fingerprint density at radius 1 is 1.25 bits per heavy atom. The van der Waals surface area contributed by atoms with Gasteiger partial charge in [0.15, 0.2) is 6.04 Å². The van der Waals surface area contributed by atoms with Crippen LogP contribution in [-0.4, -0.2) is 46.2 Å². The Morgan fingerprint density at radius 2 is 2.04 bits per heavy atom. The van der Waals surface area contributed by atoms with Crippen LogP contribution >= 0.6 is 0 Å². The zero-order valence-corrected chi connectivity index (χ0v) is 14.8. The Bertz CT molecular complexity index is 853. The van der Waals surface area contributed by atoms with Gasteiger partial charge in [0.25, 0.3) is 5.91 Å². The molecule has 0 aliphatic carbocycles. The Hall–Kier alpha value is -3.69. The first kappa shape index (κ1) is 19.1. The number of alkyl carbamates (subject to hydrolysis) is 1. The number of rotatable bonds is 6. The van der Waals surface area contributed by atoms with Gasteiger partial charge in [-0.1, -0.05) is 30.3 Å². The van der Waals surface area contributed by atoms with Gasteiger partial charge in [0.1, 0.15) is 6.61 Å². The highest BCUT2D eigenvalue weighted by Crippen LogP contribution is 2.12. The predicted molar refractivity (Wildman–Crippen MR) is 95.7 cm³/mol. The number of amides is 3. The van der Waals surface area contributed by atoms with Gasteiger partial charge in [-0.25, -0.2) is 9.78 Å². The van der Waals surface area contributed by atoms with Crippen LogP contribution in [0.3, 0.4) is 0 Å². The zero-order chi connectivity index (χ0) is 19.9. The monoisotopic (exact) mass is 385 g/mol. The van der Waals surface area contributed by atoms with Gasteiger partial charge in [-0.3, -0.25) is 14.4 Å². The van der Waals surface area contributed by atoms with Gasteiger partial charge >= 0.3 is 6.09 Å². The summed E-state index contributed by atoms with van der Waals surface area (Å²) in [6.07, 6.45) is 2.18. The minimum absolute atomic E-state index is 0.0330. The molecule has 1 aromatic carbocycles. The minimum atomic E-state index is -1.16. The number of imidazole rings is 1. The molecule has 0 radical (unpaired) electrons. The second-order valence-electron chi connectivity index (χ2n) is 6.12. The maximum Gasteiger partial charge on any atom is 0.408 e. The van der Waals surface area contributed by atoms with Gasteiger partial charge in [0, 0.05) is 6.54 Å². The summed E-state index contributed by atoms with van der Waals surface area (Å²) in [6, 6.07) is 6.95. The highest BCUT2D eigenvalue weighted by Gasteiger charge is 2.33. The van der Waals surface area contributed by atoms with E-state index in [1.54, 1.807) is 12.1 Å². The van der Waals surface area contributed by atoms with E-state index in [4.69, 9.17) is 4.74 Å². The molecular weight excluding hydrogens is 366 g/mol. The summed E-state index contributed by atoms with van der Waals surface area (Å²) in [4.78, 5) is 54.8. The van der Waals surface area contributed by atoms with Crippen LogP contribution in [0.1, 0.15) is 23.7 Å². The maximum absolute atomic E-state index is 12.7. The highest BCUT2D eigenvalue weighted by molar-refractivity contribution is 6.39. The number of aromatic nitrogens is 2. The van der Waals surface area contributed by atoms with Crippen molar-refractivity contribution in [1.29, 1.82) is 0 Å². The van der Waals surface area contributed by atoms with Crippen molar-refractivity contribution in [3.63, 3.8) is 0 Å². The van der Waals surface area contributed by atoms with E-state index in [0.717, 1.165) is 5.56 Å². The number of piperidine rings is 1. The lowest BCUT2D eigenvalue weighted by atomic mass is 10.0. The minimum Gasteiger partial charge on any atom is -0.445 e. The summed E-state index contributed by atoms with van der Waals surface area (Å²) in [6.45, 7) is 0.308. The molecule has 10 heteroatoms. The van der Waals surface area contributed by atoms with Crippen LogP contribution in [0.5, 0.6) is 0 Å². The standard InChI is InChI=1S/C18H19N5O5/c24-15-12(6-7-20-17(15)26)22-16(25)14(13-8-19-10-21-13)23-18(27)28-9-11-4-2-1-3-5-11/h1-5,8,10,12,14H,6-7,9H2,(H,19,21)(H,20,26)(H,22,25)(H,23,27). The molecule has 1 fully saturated rings. The number of nitrogens with zero attached hydrogens (tertiary/aromatic N) is 1. The molecule has 1 saturated heterocycles. The summed E-state index contributed by atoms with van der Waals surface area (Å²) in [5.74, 6) is -2.13. The van der Waals surface area contributed by atoms with E-state index < -0.39 is 35.8 Å². The first-order valence-electron chi connectivity index (χ1n) is 8.62. The molecule has 0 bridgehead atoms. The largest absolute Gasteiger partial charge is 0.445 e. The molecule has 146 valence electrons. The van der Waals surface area contributed by atoms with Crippen molar-refractivity contribution in [2.75, 3.05) is 6.54 Å². The van der Waals surface area contributed by atoms with E-state index in [9.17, 15) is 19.2 Å². The van der Waals surface area contributed by atoms with Crippen molar-refractivity contribution in [3.05, 3.63) is 54.1 Å². The Kier molecular flexibility index (Phi) is 6.00. The molecule has 28 heavy (non-hydrogen) atoms. The fourth-order valence-electron chi connectivity index (χ4n) is 2.69. The summed E-state index contributed by atoms with van der Waals surface area (Å²) in [5.41, 5.74) is 1.10. The third-order valence-electron chi connectivity index (χ3n) is 4.14. The van der Waals surface area contributed by atoms with Gasteiger partial charge in [-0.05, 0) is 12.0 Å². The Balaban J connectivity index is 1.64. The van der Waals surface area contributed by atoms with Crippen molar-refractivity contribution in [2.24, 2.45) is 0 Å². The van der Waals surface area contributed by atoms with Crippen LogP contribution in [-0.2, 0) is 25.7 Å². The van der Waals surface area contributed by atoms with Gasteiger partial charge in [0.2, 0.25) is 11.7 Å². The summed E-state index contributed by atoms with van der Waals surface area (Å²) in [7, 11) is 0. The van der Waals surface area contributed by atoms with Gasteiger partial charge in [-0.2, -0.15) is 0 Å². The van der Waals surface area contributed by atoms with Crippen molar-refractivity contribution < 1.29 is 23.9 Å². The lowest BCUT2D eigenvalue weighted by Gasteiger charge is -2.24. The van der Waals surface area contributed by atoms with Crippen LogP contribution in [0.2, 0.25) is 0 Å². The highest BCUT2D eigenvalue weighted by atomic mass is 16.5. The number of H-pyrrole nitrogens is 1. The fourth-order valence-corrected chi connectivity index (χ4v) is 2.69. The van der Waals surface area contributed by atoms with E-state index in [0.29, 0.717) is 5.69 Å². The summed E-state index contributed by atoms with van der Waals surface area (Å²) < 4.78 is 5.14. The SMILES string of the molecule is O=C(NC(C(=O)NC1CCNC(=O)C1=O)c1cnc[nH]1)OCc1ccccc1. The molecule has 1 aliphatic rings. The number of benzene rings is 1. The van der Waals surface area contributed by atoms with Crippen LogP contribution in [0, 0.1) is 0 Å². The molecule has 0 spiro atoms. The third-order valence-corrected chi connectivity index (χ3v) is 4.14. The van der Waals surface area contributed by atoms with Crippen LogP contribution in [0.4, 0.5) is 4.79 Å². The first-order chi connectivity index (χ1) is 13.5.